The molecule has 1 aromatic rings. The molecule has 0 aromatic heterocycles. The van der Waals surface area contributed by atoms with Crippen LogP contribution in [0.1, 0.15) is 50.6 Å². The molecule has 0 bridgehead atoms. The molecule has 29 heavy (non-hydrogen) atoms. The lowest BCUT2D eigenvalue weighted by Crippen LogP contribution is -2.58. The van der Waals surface area contributed by atoms with Crippen LogP contribution in [0, 0.1) is 0 Å². The maximum Gasteiger partial charge on any atom is 0.189 e. The van der Waals surface area contributed by atoms with Crippen LogP contribution in [0.25, 0.3) is 0 Å². The lowest BCUT2D eigenvalue weighted by Gasteiger charge is -2.49. The van der Waals surface area contributed by atoms with Crippen LogP contribution in [0.4, 0.5) is 0 Å². The Labute approximate surface area is 202 Å². The number of hydrogen-bond acceptors (Lipinski definition) is 3. The Morgan fingerprint density at radius 2 is 1.83 bits per heavy atom. The summed E-state index contributed by atoms with van der Waals surface area (Å²) in [5.74, 6) is 0.480. The van der Waals surface area contributed by atoms with Crippen LogP contribution in [-0.2, 0) is 0 Å². The zero-order valence-corrected chi connectivity index (χ0v) is 21.3. The summed E-state index contributed by atoms with van der Waals surface area (Å²) in [4.78, 5) is 9.88. The van der Waals surface area contributed by atoms with E-state index in [9.17, 15) is 0 Å². The fourth-order valence-corrected chi connectivity index (χ4v) is 4.98. The highest BCUT2D eigenvalue weighted by Crippen LogP contribution is 2.32. The molecule has 2 aliphatic rings. The maximum atomic E-state index is 6.33. The van der Waals surface area contributed by atoms with Crippen LogP contribution < -0.4 is 11.1 Å². The van der Waals surface area contributed by atoms with Crippen molar-refractivity contribution >= 4 is 53.1 Å². The van der Waals surface area contributed by atoms with Crippen LogP contribution in [0.5, 0.6) is 0 Å². The van der Waals surface area contributed by atoms with E-state index in [4.69, 9.17) is 33.9 Å². The number of nitrogens with zero attached hydrogens (tertiary/aromatic N) is 3. The third kappa shape index (κ3) is 6.60. The molecule has 2 saturated heterocycles. The summed E-state index contributed by atoms with van der Waals surface area (Å²) in [6.07, 6.45) is 6.23. The van der Waals surface area contributed by atoms with Crippen molar-refractivity contribution in [3.05, 3.63) is 33.8 Å². The number of benzene rings is 1. The van der Waals surface area contributed by atoms with E-state index in [2.05, 4.69) is 22.2 Å². The van der Waals surface area contributed by atoms with Crippen LogP contribution >= 0.6 is 47.2 Å². The first-order valence-corrected chi connectivity index (χ1v) is 11.1. The molecule has 2 heterocycles. The number of guanidine groups is 1. The molecule has 1 aromatic carbocycles. The van der Waals surface area contributed by atoms with Gasteiger partial charge in [0.25, 0.3) is 0 Å². The Morgan fingerprint density at radius 1 is 1.17 bits per heavy atom. The third-order valence-electron chi connectivity index (χ3n) is 6.28. The lowest BCUT2D eigenvalue weighted by atomic mass is 9.84. The third-order valence-corrected chi connectivity index (χ3v) is 6.84. The van der Waals surface area contributed by atoms with Crippen molar-refractivity contribution in [3.8, 4) is 0 Å². The van der Waals surface area contributed by atoms with Crippen LogP contribution in [0.15, 0.2) is 23.2 Å². The summed E-state index contributed by atoms with van der Waals surface area (Å²) in [5.41, 5.74) is 7.37. The topological polar surface area (TPSA) is 56.9 Å². The highest BCUT2D eigenvalue weighted by atomic mass is 127. The quantitative estimate of drug-likeness (QED) is 0.319. The number of likely N-dealkylation sites (tertiary alicyclic amines) is 2. The molecule has 1 atom stereocenters. The molecular weight excluding hydrogens is 520 g/mol. The number of nitrogens with one attached hydrogen (secondary N) is 1. The van der Waals surface area contributed by atoms with Gasteiger partial charge in [0.05, 0.1) is 12.6 Å². The molecule has 2 fully saturated rings. The minimum atomic E-state index is -0.0306. The summed E-state index contributed by atoms with van der Waals surface area (Å²) >= 11 is 12.3. The smallest absolute Gasteiger partial charge is 0.189 e. The molecular formula is C21H34Cl2IN5. The van der Waals surface area contributed by atoms with Gasteiger partial charge in [0.2, 0.25) is 0 Å². The standard InChI is InChI=1S/C21H33Cl2N5.HI/c1-16(18-7-6-17(22)14-19(18)23)26-20(24)25-15-21(8-12-27(2)13-9-21)28-10-4-3-5-11-28;/h6-7,14,16H,3-5,8-13,15H2,1-2H3,(H3,24,25,26);1H. The fourth-order valence-electron chi connectivity index (χ4n) is 4.41. The van der Waals surface area contributed by atoms with E-state index >= 15 is 0 Å². The second kappa shape index (κ2) is 11.4. The Morgan fingerprint density at radius 3 is 2.45 bits per heavy atom. The molecule has 3 N–H and O–H groups in total. The first-order valence-electron chi connectivity index (χ1n) is 10.3. The van der Waals surface area contributed by atoms with Crippen molar-refractivity contribution in [2.45, 2.75) is 50.6 Å². The molecule has 164 valence electrons. The number of nitrogens with two attached hydrogens (primary N) is 1. The van der Waals surface area contributed by atoms with Crippen molar-refractivity contribution in [2.24, 2.45) is 10.7 Å². The minimum absolute atomic E-state index is 0. The normalized spacial score (nSPS) is 22.0. The predicted octanol–water partition coefficient (Wildman–Crippen LogP) is 4.53. The van der Waals surface area contributed by atoms with Gasteiger partial charge < -0.3 is 16.0 Å². The average Bonchev–Trinajstić information content (AvgIpc) is 2.68. The van der Waals surface area contributed by atoms with Crippen LogP contribution in [0.3, 0.4) is 0 Å². The van der Waals surface area contributed by atoms with Crippen molar-refractivity contribution in [3.63, 3.8) is 0 Å². The first-order chi connectivity index (χ1) is 13.4. The summed E-state index contributed by atoms with van der Waals surface area (Å²) in [5, 5.41) is 4.57. The van der Waals surface area contributed by atoms with E-state index in [1.807, 2.05) is 19.1 Å². The molecule has 0 amide bonds. The average molecular weight is 554 g/mol. The van der Waals surface area contributed by atoms with Gasteiger partial charge in [-0.3, -0.25) is 9.89 Å². The minimum Gasteiger partial charge on any atom is -0.370 e. The molecule has 3 rings (SSSR count). The highest BCUT2D eigenvalue weighted by molar-refractivity contribution is 14.0. The number of rotatable bonds is 5. The summed E-state index contributed by atoms with van der Waals surface area (Å²) in [6, 6.07) is 5.50. The Kier molecular flexibility index (Phi) is 9.80. The summed E-state index contributed by atoms with van der Waals surface area (Å²) in [7, 11) is 2.21. The largest absolute Gasteiger partial charge is 0.370 e. The summed E-state index contributed by atoms with van der Waals surface area (Å²) < 4.78 is 0. The molecule has 0 spiro atoms. The Bertz CT molecular complexity index is 686. The Balaban J connectivity index is 0.00000300. The van der Waals surface area contributed by atoms with Crippen molar-refractivity contribution in [1.82, 2.24) is 15.1 Å². The van der Waals surface area contributed by atoms with Gasteiger partial charge in [-0.05, 0) is 83.5 Å². The lowest BCUT2D eigenvalue weighted by molar-refractivity contribution is 0.0208. The zero-order chi connectivity index (χ0) is 20.1. The number of aliphatic imine (C=N–C) groups is 1. The van der Waals surface area contributed by atoms with Gasteiger partial charge in [-0.25, -0.2) is 0 Å². The van der Waals surface area contributed by atoms with E-state index in [0.29, 0.717) is 16.0 Å². The highest BCUT2D eigenvalue weighted by Gasteiger charge is 2.39. The molecule has 8 heteroatoms. The number of hydrogen-bond donors (Lipinski definition) is 2. The zero-order valence-electron chi connectivity index (χ0n) is 17.5. The van der Waals surface area contributed by atoms with E-state index in [0.717, 1.165) is 38.0 Å². The SMILES string of the molecule is CC(NC(N)=NCC1(N2CCCCC2)CCN(C)CC1)c1ccc(Cl)cc1Cl.I. The molecule has 2 aliphatic heterocycles. The summed E-state index contributed by atoms with van der Waals surface area (Å²) in [6.45, 7) is 7.40. The predicted molar refractivity (Wildman–Crippen MR) is 135 cm³/mol. The fraction of sp³-hybridized carbons (Fsp3) is 0.667. The molecule has 0 aliphatic carbocycles. The van der Waals surface area contributed by atoms with Gasteiger partial charge in [-0.1, -0.05) is 35.7 Å². The van der Waals surface area contributed by atoms with Crippen LogP contribution in [-0.4, -0.2) is 61.1 Å². The van der Waals surface area contributed by atoms with E-state index in [1.165, 1.54) is 32.4 Å². The molecule has 0 saturated carbocycles. The van der Waals surface area contributed by atoms with Gasteiger partial charge >= 0.3 is 0 Å². The second-order valence-corrected chi connectivity index (χ2v) is 9.15. The van der Waals surface area contributed by atoms with Gasteiger partial charge in [0.1, 0.15) is 0 Å². The van der Waals surface area contributed by atoms with E-state index in [-0.39, 0.29) is 35.6 Å². The molecule has 0 radical (unpaired) electrons. The molecule has 5 nitrogen and oxygen atoms in total. The number of piperidine rings is 2. The first kappa shape index (κ1) is 25.0. The van der Waals surface area contributed by atoms with E-state index < -0.39 is 0 Å². The van der Waals surface area contributed by atoms with Crippen molar-refractivity contribution in [1.29, 1.82) is 0 Å². The van der Waals surface area contributed by atoms with Crippen molar-refractivity contribution in [2.75, 3.05) is 39.8 Å². The second-order valence-electron chi connectivity index (χ2n) is 8.31. The Hall–Kier alpha value is -0.280. The van der Waals surface area contributed by atoms with E-state index in [1.54, 1.807) is 6.07 Å². The van der Waals surface area contributed by atoms with Gasteiger partial charge in [0.15, 0.2) is 5.96 Å². The maximum absolute atomic E-state index is 6.33. The van der Waals surface area contributed by atoms with Crippen molar-refractivity contribution < 1.29 is 0 Å². The molecule has 1 unspecified atom stereocenters. The monoisotopic (exact) mass is 553 g/mol. The van der Waals surface area contributed by atoms with Gasteiger partial charge in [-0.2, -0.15) is 0 Å². The van der Waals surface area contributed by atoms with Gasteiger partial charge in [0, 0.05) is 15.6 Å². The van der Waals surface area contributed by atoms with Gasteiger partial charge in [-0.15, -0.1) is 24.0 Å². The number of halogens is 3. The van der Waals surface area contributed by atoms with Crippen LogP contribution in [0.2, 0.25) is 10.0 Å².